The molecule has 4 atom stereocenters. The molecule has 1 N–H and O–H groups in total. The molecule has 2 aliphatic heterocycles. The van der Waals surface area contributed by atoms with Gasteiger partial charge in [0.05, 0.1) is 31.7 Å². The first-order valence-corrected chi connectivity index (χ1v) is 12.7. The zero-order chi connectivity index (χ0) is 26.1. The molecule has 0 saturated carbocycles. The molecule has 0 bridgehead atoms. The number of methoxy groups -OCH3 is 1. The normalized spacial score (nSPS) is 26.1. The highest BCUT2D eigenvalue weighted by Gasteiger charge is 2.59. The van der Waals surface area contributed by atoms with E-state index in [0.29, 0.717) is 29.9 Å². The number of carbonyl (C=O) groups excluding carboxylic acids is 3. The van der Waals surface area contributed by atoms with E-state index in [0.717, 1.165) is 43.1 Å². The maximum atomic E-state index is 13.8. The molecule has 0 spiro atoms. The van der Waals surface area contributed by atoms with Gasteiger partial charge in [0.1, 0.15) is 0 Å². The molecular formula is C28H34FNO6. The highest BCUT2D eigenvalue weighted by Crippen LogP contribution is 2.51. The highest BCUT2D eigenvalue weighted by atomic mass is 19.1. The number of benzene rings is 1. The van der Waals surface area contributed by atoms with Crippen LogP contribution >= 0.6 is 0 Å². The zero-order valence-electron chi connectivity index (χ0n) is 21.3. The van der Waals surface area contributed by atoms with Crippen LogP contribution in [0.25, 0.3) is 6.08 Å². The van der Waals surface area contributed by atoms with Crippen LogP contribution in [0.15, 0.2) is 34.9 Å². The standard InChI is InChI=1S/C28H34FNO6/c1-5-6-16(11-17-7-9-22(31)21(29)12-17)8-10-23-24-18(15(2)3)13-19-25(20(24)14-36-23)27(33)30(26(19)32)28(34)35-4/h7,9,11-12,15,19-20,23,25,31H,5-6,8,10,13-14H2,1-4H3/b16-11+/t19-,20+,23-,25-/m1/s1. The second kappa shape index (κ2) is 10.5. The van der Waals surface area contributed by atoms with Gasteiger partial charge >= 0.3 is 6.09 Å². The fraction of sp³-hybridized carbons (Fsp3) is 0.536. The molecule has 2 saturated heterocycles. The third-order valence-electron chi connectivity index (χ3n) is 7.64. The second-order valence-electron chi connectivity index (χ2n) is 10.2. The molecule has 3 amide bonds. The fourth-order valence-electron chi connectivity index (χ4n) is 5.99. The van der Waals surface area contributed by atoms with Crippen LogP contribution in [0.1, 0.15) is 58.4 Å². The third kappa shape index (κ3) is 4.71. The average molecular weight is 500 g/mol. The van der Waals surface area contributed by atoms with Gasteiger partial charge < -0.3 is 14.6 Å². The van der Waals surface area contributed by atoms with Crippen molar-refractivity contribution in [3.8, 4) is 5.75 Å². The van der Waals surface area contributed by atoms with E-state index in [1.165, 1.54) is 12.1 Å². The van der Waals surface area contributed by atoms with Crippen molar-refractivity contribution in [2.45, 2.75) is 59.0 Å². The van der Waals surface area contributed by atoms with Gasteiger partial charge in [0.25, 0.3) is 0 Å². The highest BCUT2D eigenvalue weighted by molar-refractivity contribution is 6.16. The van der Waals surface area contributed by atoms with Crippen LogP contribution in [0.3, 0.4) is 0 Å². The van der Waals surface area contributed by atoms with Gasteiger partial charge in [-0.05, 0) is 54.9 Å². The van der Waals surface area contributed by atoms with Crippen molar-refractivity contribution in [3.63, 3.8) is 0 Å². The Morgan fingerprint density at radius 2 is 2.00 bits per heavy atom. The maximum Gasteiger partial charge on any atom is 0.423 e. The van der Waals surface area contributed by atoms with E-state index in [-0.39, 0.29) is 23.7 Å². The predicted octanol–water partition coefficient (Wildman–Crippen LogP) is 5.23. The average Bonchev–Trinajstić information content (AvgIpc) is 3.37. The minimum absolute atomic E-state index is 0.174. The van der Waals surface area contributed by atoms with Crippen LogP contribution in [-0.2, 0) is 19.1 Å². The number of imide groups is 3. The van der Waals surface area contributed by atoms with E-state index in [9.17, 15) is 23.9 Å². The molecule has 194 valence electrons. The number of nitrogens with zero attached hydrogens (tertiary/aromatic N) is 1. The summed E-state index contributed by atoms with van der Waals surface area (Å²) >= 11 is 0. The van der Waals surface area contributed by atoms with Crippen molar-refractivity contribution in [1.82, 2.24) is 4.90 Å². The Morgan fingerprint density at radius 1 is 1.25 bits per heavy atom. The van der Waals surface area contributed by atoms with Gasteiger partial charge in [0.2, 0.25) is 11.8 Å². The van der Waals surface area contributed by atoms with Crippen molar-refractivity contribution >= 4 is 24.0 Å². The summed E-state index contributed by atoms with van der Waals surface area (Å²) in [6, 6.07) is 4.36. The van der Waals surface area contributed by atoms with Crippen molar-refractivity contribution in [2.75, 3.05) is 13.7 Å². The number of rotatable bonds is 7. The number of aromatic hydroxyl groups is 1. The molecule has 2 heterocycles. The first-order chi connectivity index (χ1) is 17.2. The topological polar surface area (TPSA) is 93.1 Å². The lowest BCUT2D eigenvalue weighted by molar-refractivity contribution is -0.137. The Kier molecular flexibility index (Phi) is 7.64. The summed E-state index contributed by atoms with van der Waals surface area (Å²) in [7, 11) is 1.16. The molecule has 1 aromatic rings. The lowest BCUT2D eigenvalue weighted by atomic mass is 9.67. The molecular weight excluding hydrogens is 465 g/mol. The monoisotopic (exact) mass is 499 g/mol. The number of halogens is 1. The maximum absolute atomic E-state index is 13.8. The summed E-state index contributed by atoms with van der Waals surface area (Å²) in [4.78, 5) is 39.0. The number of ether oxygens (including phenoxy) is 2. The number of fused-ring (bicyclic) bond motifs is 3. The van der Waals surface area contributed by atoms with Crippen LogP contribution in [0.4, 0.5) is 9.18 Å². The first kappa shape index (κ1) is 26.1. The van der Waals surface area contributed by atoms with Crippen molar-refractivity contribution < 1.29 is 33.4 Å². The molecule has 0 aromatic heterocycles. The molecule has 1 aliphatic carbocycles. The van der Waals surface area contributed by atoms with E-state index in [4.69, 9.17) is 9.47 Å². The van der Waals surface area contributed by atoms with Gasteiger partial charge in [-0.3, -0.25) is 9.59 Å². The number of likely N-dealkylation sites (tertiary alicyclic amines) is 1. The van der Waals surface area contributed by atoms with Crippen LogP contribution in [-0.4, -0.2) is 47.7 Å². The first-order valence-electron chi connectivity index (χ1n) is 12.7. The second-order valence-corrected chi connectivity index (χ2v) is 10.2. The Balaban J connectivity index is 1.58. The molecule has 36 heavy (non-hydrogen) atoms. The van der Waals surface area contributed by atoms with Gasteiger partial charge in [0, 0.05) is 5.92 Å². The molecule has 2 fully saturated rings. The van der Waals surface area contributed by atoms with E-state index in [1.54, 1.807) is 6.07 Å². The lowest BCUT2D eigenvalue weighted by Crippen LogP contribution is -2.38. The lowest BCUT2D eigenvalue weighted by Gasteiger charge is -2.33. The summed E-state index contributed by atoms with van der Waals surface area (Å²) in [6.45, 7) is 6.58. The number of hydrogen-bond donors (Lipinski definition) is 1. The van der Waals surface area contributed by atoms with E-state index >= 15 is 0 Å². The number of phenolic OH excluding ortho intramolecular Hbond substituents is 1. The summed E-state index contributed by atoms with van der Waals surface area (Å²) in [5.74, 6) is -3.23. The van der Waals surface area contributed by atoms with Crippen LogP contribution in [0, 0.1) is 29.5 Å². The summed E-state index contributed by atoms with van der Waals surface area (Å²) < 4.78 is 24.8. The zero-order valence-corrected chi connectivity index (χ0v) is 21.3. The van der Waals surface area contributed by atoms with Crippen LogP contribution < -0.4 is 0 Å². The van der Waals surface area contributed by atoms with E-state index in [2.05, 4.69) is 20.8 Å². The van der Waals surface area contributed by atoms with E-state index in [1.807, 2.05) is 6.08 Å². The SMILES string of the molecule is CCC/C(=C\c1ccc(O)c(F)c1)CC[C@H]1OC[C@H]2C1=C(C(C)C)C[C@H]1C(=O)N(C(=O)OC)C(=O)[C@H]12. The van der Waals surface area contributed by atoms with Gasteiger partial charge in [0.15, 0.2) is 11.6 Å². The Morgan fingerprint density at radius 3 is 2.64 bits per heavy atom. The van der Waals surface area contributed by atoms with Gasteiger partial charge in [-0.15, -0.1) is 0 Å². The Labute approximate surface area is 210 Å². The molecule has 0 unspecified atom stereocenters. The summed E-state index contributed by atoms with van der Waals surface area (Å²) in [5.41, 5.74) is 4.09. The van der Waals surface area contributed by atoms with Crippen LogP contribution in [0.5, 0.6) is 5.75 Å². The quantitative estimate of drug-likeness (QED) is 0.408. The number of phenols is 1. The number of hydrogen-bond acceptors (Lipinski definition) is 6. The molecule has 1 aromatic carbocycles. The largest absolute Gasteiger partial charge is 0.505 e. The minimum atomic E-state index is -0.928. The predicted molar refractivity (Wildman–Crippen MR) is 131 cm³/mol. The summed E-state index contributed by atoms with van der Waals surface area (Å²) in [6.07, 6.45) is 4.51. The molecule has 8 heteroatoms. The van der Waals surface area contributed by atoms with E-state index < -0.39 is 35.6 Å². The van der Waals surface area contributed by atoms with Gasteiger partial charge in [-0.25, -0.2) is 9.18 Å². The van der Waals surface area contributed by atoms with Gasteiger partial charge in [-0.2, -0.15) is 4.90 Å². The van der Waals surface area contributed by atoms with Crippen molar-refractivity contribution in [3.05, 3.63) is 46.3 Å². The van der Waals surface area contributed by atoms with Crippen molar-refractivity contribution in [2.24, 2.45) is 23.7 Å². The third-order valence-corrected chi connectivity index (χ3v) is 7.64. The molecule has 3 aliphatic rings. The number of allylic oxidation sites excluding steroid dienone is 2. The Hall–Kier alpha value is -3.00. The molecule has 4 rings (SSSR count). The molecule has 7 nitrogen and oxygen atoms in total. The summed E-state index contributed by atoms with van der Waals surface area (Å²) in [5, 5.41) is 9.48. The number of carbonyl (C=O) groups is 3. The number of amides is 3. The van der Waals surface area contributed by atoms with Crippen LogP contribution in [0.2, 0.25) is 0 Å². The molecule has 0 radical (unpaired) electrons. The van der Waals surface area contributed by atoms with Crippen molar-refractivity contribution in [1.29, 1.82) is 0 Å². The minimum Gasteiger partial charge on any atom is -0.505 e. The fourth-order valence-corrected chi connectivity index (χ4v) is 5.99. The smallest absolute Gasteiger partial charge is 0.423 e. The Bertz CT molecular complexity index is 1120. The van der Waals surface area contributed by atoms with Gasteiger partial charge in [-0.1, -0.05) is 50.5 Å².